The molecule has 2 rings (SSSR count). The molecule has 2 aromatic rings. The Bertz CT molecular complexity index is 876. The molecule has 0 fully saturated rings. The Labute approximate surface area is 166 Å². The number of carbonyl (C=O) groups is 1. The van der Waals surface area contributed by atoms with Gasteiger partial charge in [-0.3, -0.25) is 4.79 Å². The highest BCUT2D eigenvalue weighted by Gasteiger charge is 2.17. The monoisotopic (exact) mass is 406 g/mol. The summed E-state index contributed by atoms with van der Waals surface area (Å²) in [7, 11) is 1.10. The van der Waals surface area contributed by atoms with Gasteiger partial charge in [0.2, 0.25) is 10.0 Å². The van der Waals surface area contributed by atoms with Gasteiger partial charge in [-0.25, -0.2) is 13.1 Å². The van der Waals surface area contributed by atoms with E-state index in [9.17, 15) is 13.2 Å². The SMILES string of the molecule is COC(CN(C)C(=O)c1ccc(CNS(=O)(=O)c2ccc(C)cc2)cc1)OC. The Hall–Kier alpha value is -2.26. The predicted molar refractivity (Wildman–Crippen MR) is 106 cm³/mol. The number of nitrogens with zero attached hydrogens (tertiary/aromatic N) is 1. The van der Waals surface area contributed by atoms with E-state index in [1.54, 1.807) is 55.6 Å². The maximum atomic E-state index is 12.5. The van der Waals surface area contributed by atoms with E-state index in [4.69, 9.17) is 9.47 Å². The van der Waals surface area contributed by atoms with Crippen molar-refractivity contribution in [3.8, 4) is 0 Å². The van der Waals surface area contributed by atoms with Gasteiger partial charge in [-0.2, -0.15) is 0 Å². The molecule has 152 valence electrons. The van der Waals surface area contributed by atoms with E-state index < -0.39 is 16.3 Å². The average Bonchev–Trinajstić information content (AvgIpc) is 2.70. The van der Waals surface area contributed by atoms with Crippen LogP contribution < -0.4 is 4.72 Å². The van der Waals surface area contributed by atoms with Crippen molar-refractivity contribution >= 4 is 15.9 Å². The number of nitrogens with one attached hydrogen (secondary N) is 1. The van der Waals surface area contributed by atoms with Crippen molar-refractivity contribution in [1.82, 2.24) is 9.62 Å². The summed E-state index contributed by atoms with van der Waals surface area (Å²) < 4.78 is 37.5. The Morgan fingerprint density at radius 3 is 2.14 bits per heavy atom. The summed E-state index contributed by atoms with van der Waals surface area (Å²) in [6.07, 6.45) is -0.496. The fourth-order valence-corrected chi connectivity index (χ4v) is 3.53. The number of rotatable bonds is 9. The summed E-state index contributed by atoms with van der Waals surface area (Å²) in [5.74, 6) is -0.175. The fourth-order valence-electron chi connectivity index (χ4n) is 2.52. The molecule has 0 unspecified atom stereocenters. The number of benzene rings is 2. The van der Waals surface area contributed by atoms with Gasteiger partial charge in [-0.15, -0.1) is 0 Å². The molecule has 7 nitrogen and oxygen atoms in total. The van der Waals surface area contributed by atoms with Gasteiger partial charge in [0.1, 0.15) is 0 Å². The van der Waals surface area contributed by atoms with Crippen LogP contribution in [0.4, 0.5) is 0 Å². The summed E-state index contributed by atoms with van der Waals surface area (Å²) in [5, 5.41) is 0. The molecule has 0 aliphatic rings. The zero-order chi connectivity index (χ0) is 20.7. The largest absolute Gasteiger partial charge is 0.354 e. The molecule has 0 aliphatic heterocycles. The van der Waals surface area contributed by atoms with Crippen LogP contribution in [0.2, 0.25) is 0 Å². The highest BCUT2D eigenvalue weighted by atomic mass is 32.2. The molecule has 0 aromatic heterocycles. The van der Waals surface area contributed by atoms with Gasteiger partial charge in [0.15, 0.2) is 6.29 Å². The molecule has 8 heteroatoms. The molecule has 0 aliphatic carbocycles. The molecule has 2 aromatic carbocycles. The normalized spacial score (nSPS) is 11.6. The number of ether oxygens (including phenoxy) is 2. The van der Waals surface area contributed by atoms with Gasteiger partial charge in [0, 0.05) is 33.4 Å². The van der Waals surface area contributed by atoms with Gasteiger partial charge >= 0.3 is 0 Å². The van der Waals surface area contributed by atoms with Crippen LogP contribution in [0.25, 0.3) is 0 Å². The Balaban J connectivity index is 1.98. The molecule has 0 saturated carbocycles. The number of amides is 1. The highest BCUT2D eigenvalue weighted by molar-refractivity contribution is 7.89. The maximum absolute atomic E-state index is 12.5. The number of hydrogen-bond acceptors (Lipinski definition) is 5. The van der Waals surface area contributed by atoms with E-state index >= 15 is 0 Å². The number of sulfonamides is 1. The minimum atomic E-state index is -3.59. The molecule has 1 N–H and O–H groups in total. The molecule has 1 amide bonds. The minimum Gasteiger partial charge on any atom is -0.354 e. The van der Waals surface area contributed by atoms with Gasteiger partial charge in [0.25, 0.3) is 5.91 Å². The van der Waals surface area contributed by atoms with E-state index in [0.29, 0.717) is 12.1 Å². The zero-order valence-corrected chi connectivity index (χ0v) is 17.3. The van der Waals surface area contributed by atoms with Crippen LogP contribution in [0.15, 0.2) is 53.4 Å². The molecule has 0 heterocycles. The van der Waals surface area contributed by atoms with Crippen LogP contribution in [0.1, 0.15) is 21.5 Å². The van der Waals surface area contributed by atoms with Crippen molar-refractivity contribution < 1.29 is 22.7 Å². The predicted octanol–water partition coefficient (Wildman–Crippen LogP) is 2.16. The summed E-state index contributed by atoms with van der Waals surface area (Å²) >= 11 is 0. The van der Waals surface area contributed by atoms with Crippen LogP contribution >= 0.6 is 0 Å². The van der Waals surface area contributed by atoms with Crippen molar-refractivity contribution in [2.75, 3.05) is 27.8 Å². The topological polar surface area (TPSA) is 84.9 Å². The quantitative estimate of drug-likeness (QED) is 0.645. The summed E-state index contributed by atoms with van der Waals surface area (Å²) in [5.41, 5.74) is 2.24. The van der Waals surface area contributed by atoms with Gasteiger partial charge in [0.05, 0.1) is 11.4 Å². The molecule has 0 atom stereocenters. The maximum Gasteiger partial charge on any atom is 0.253 e. The number of methoxy groups -OCH3 is 2. The molecule has 0 bridgehead atoms. The van der Waals surface area contributed by atoms with Gasteiger partial charge in [-0.05, 0) is 36.8 Å². The van der Waals surface area contributed by atoms with Crippen molar-refractivity contribution in [3.63, 3.8) is 0 Å². The molecular formula is C20H26N2O5S. The Kier molecular flexibility index (Phi) is 7.70. The zero-order valence-electron chi connectivity index (χ0n) is 16.5. The lowest BCUT2D eigenvalue weighted by Gasteiger charge is -2.22. The average molecular weight is 407 g/mol. The van der Waals surface area contributed by atoms with E-state index in [0.717, 1.165) is 11.1 Å². The van der Waals surface area contributed by atoms with Crippen LogP contribution in [-0.2, 0) is 26.0 Å². The second kappa shape index (κ2) is 9.79. The van der Waals surface area contributed by atoms with Crippen molar-refractivity contribution in [2.45, 2.75) is 24.7 Å². The molecule has 0 radical (unpaired) electrons. The summed E-state index contributed by atoms with van der Waals surface area (Å²) in [6, 6.07) is 13.4. The first-order valence-electron chi connectivity index (χ1n) is 8.73. The summed E-state index contributed by atoms with van der Waals surface area (Å²) in [4.78, 5) is 14.2. The van der Waals surface area contributed by atoms with Gasteiger partial charge < -0.3 is 14.4 Å². The van der Waals surface area contributed by atoms with Crippen molar-refractivity contribution in [2.24, 2.45) is 0 Å². The fraction of sp³-hybridized carbons (Fsp3) is 0.350. The van der Waals surface area contributed by atoms with E-state index in [2.05, 4.69) is 4.72 Å². The number of aryl methyl sites for hydroxylation is 1. The van der Waals surface area contributed by atoms with Crippen LogP contribution in [-0.4, -0.2) is 53.3 Å². The van der Waals surface area contributed by atoms with E-state index in [1.807, 2.05) is 6.92 Å². The lowest BCUT2D eigenvalue weighted by Crippen LogP contribution is -2.36. The van der Waals surface area contributed by atoms with Crippen LogP contribution in [0.5, 0.6) is 0 Å². The van der Waals surface area contributed by atoms with Crippen LogP contribution in [0, 0.1) is 6.92 Å². The second-order valence-corrected chi connectivity index (χ2v) is 8.19. The standard InChI is InChI=1S/C20H26N2O5S/c1-15-5-11-18(12-6-15)28(24,25)21-13-16-7-9-17(10-8-16)20(23)22(2)14-19(26-3)27-4/h5-12,19,21H,13-14H2,1-4H3. The third kappa shape index (κ3) is 5.87. The third-order valence-corrected chi connectivity index (χ3v) is 5.71. The first-order valence-corrected chi connectivity index (χ1v) is 10.2. The molecule has 28 heavy (non-hydrogen) atoms. The number of hydrogen-bond donors (Lipinski definition) is 1. The first kappa shape index (κ1) is 22.0. The first-order chi connectivity index (χ1) is 13.3. The third-order valence-electron chi connectivity index (χ3n) is 4.29. The summed E-state index contributed by atoms with van der Waals surface area (Å²) in [6.45, 7) is 2.33. The number of likely N-dealkylation sites (N-methyl/N-ethyl adjacent to an activating group) is 1. The minimum absolute atomic E-state index is 0.135. The second-order valence-electron chi connectivity index (χ2n) is 6.42. The van der Waals surface area contributed by atoms with Crippen molar-refractivity contribution in [3.05, 3.63) is 65.2 Å². The molecule has 0 spiro atoms. The molecule has 0 saturated heterocycles. The lowest BCUT2D eigenvalue weighted by molar-refractivity contribution is -0.110. The Morgan fingerprint density at radius 2 is 1.61 bits per heavy atom. The smallest absolute Gasteiger partial charge is 0.253 e. The van der Waals surface area contributed by atoms with Gasteiger partial charge in [-0.1, -0.05) is 29.8 Å². The van der Waals surface area contributed by atoms with E-state index in [1.165, 1.54) is 19.1 Å². The van der Waals surface area contributed by atoms with E-state index in [-0.39, 0.29) is 17.3 Å². The lowest BCUT2D eigenvalue weighted by atomic mass is 10.1. The number of carbonyl (C=O) groups excluding carboxylic acids is 1. The Morgan fingerprint density at radius 1 is 1.04 bits per heavy atom. The highest BCUT2D eigenvalue weighted by Crippen LogP contribution is 2.12. The van der Waals surface area contributed by atoms with Crippen molar-refractivity contribution in [1.29, 1.82) is 0 Å². The van der Waals surface area contributed by atoms with Crippen LogP contribution in [0.3, 0.4) is 0 Å². The molecular weight excluding hydrogens is 380 g/mol.